The fourth-order valence-corrected chi connectivity index (χ4v) is 4.71. The van der Waals surface area contributed by atoms with Gasteiger partial charge in [-0.1, -0.05) is 13.8 Å². The quantitative estimate of drug-likeness (QED) is 0.275. The van der Waals surface area contributed by atoms with Crippen molar-refractivity contribution in [3.63, 3.8) is 0 Å². The highest BCUT2D eigenvalue weighted by atomic mass is 32.1. The molecule has 0 saturated heterocycles. The van der Waals surface area contributed by atoms with Gasteiger partial charge in [0.2, 0.25) is 5.91 Å². The monoisotopic (exact) mass is 546 g/mol. The molecule has 0 aromatic carbocycles. The van der Waals surface area contributed by atoms with Crippen LogP contribution in [0.25, 0.3) is 27.9 Å². The van der Waals surface area contributed by atoms with E-state index in [-0.39, 0.29) is 6.42 Å². The molecule has 0 saturated carbocycles. The van der Waals surface area contributed by atoms with E-state index in [0.717, 1.165) is 22.3 Å². The number of amides is 1. The number of alkyl halides is 3. The maximum absolute atomic E-state index is 13.2. The first-order valence-electron chi connectivity index (χ1n) is 12.0. The van der Waals surface area contributed by atoms with Crippen LogP contribution in [0.3, 0.4) is 0 Å². The second-order valence-electron chi connectivity index (χ2n) is 10.1. The molecule has 0 aliphatic carbocycles. The molecule has 0 spiro atoms. The van der Waals surface area contributed by atoms with Gasteiger partial charge in [0.15, 0.2) is 5.65 Å². The van der Waals surface area contributed by atoms with Gasteiger partial charge in [0.25, 0.3) is 0 Å². The molecule has 4 aromatic rings. The highest BCUT2D eigenvalue weighted by Gasteiger charge is 2.42. The Morgan fingerprint density at radius 3 is 2.47 bits per heavy atom. The fourth-order valence-electron chi connectivity index (χ4n) is 3.83. The van der Waals surface area contributed by atoms with Crippen LogP contribution in [0.1, 0.15) is 32.6 Å². The first-order valence-corrected chi connectivity index (χ1v) is 12.9. The SMILES string of the molecule is CC(C)[C@@H](NC(=O)Cc1cc(-c2cnn3cc(-c4ccc(NCC(C)(C)O)nc4)cnc23)cs1)C(F)(F)F. The summed E-state index contributed by atoms with van der Waals surface area (Å²) in [4.78, 5) is 21.9. The van der Waals surface area contributed by atoms with Gasteiger partial charge in [0, 0.05) is 46.7 Å². The van der Waals surface area contributed by atoms with E-state index in [1.807, 2.05) is 23.7 Å². The molecule has 0 unspecified atom stereocenters. The van der Waals surface area contributed by atoms with Crippen molar-refractivity contribution >= 4 is 28.7 Å². The van der Waals surface area contributed by atoms with Crippen molar-refractivity contribution in [2.24, 2.45) is 5.92 Å². The predicted octanol–water partition coefficient (Wildman–Crippen LogP) is 4.95. The summed E-state index contributed by atoms with van der Waals surface area (Å²) in [5.41, 5.74) is 2.93. The summed E-state index contributed by atoms with van der Waals surface area (Å²) >= 11 is 1.30. The third-order valence-electron chi connectivity index (χ3n) is 5.79. The number of fused-ring (bicyclic) bond motifs is 1. The Morgan fingerprint density at radius 1 is 1.11 bits per heavy atom. The molecule has 38 heavy (non-hydrogen) atoms. The molecule has 0 aliphatic heterocycles. The summed E-state index contributed by atoms with van der Waals surface area (Å²) in [6, 6.07) is 3.60. The van der Waals surface area contributed by atoms with Crippen LogP contribution in [0.4, 0.5) is 19.0 Å². The number of hydrogen-bond donors (Lipinski definition) is 3. The number of halogens is 3. The normalized spacial score (nSPS) is 13.2. The Labute approximate surface area is 221 Å². The number of aliphatic hydroxyl groups is 1. The van der Waals surface area contributed by atoms with Crippen molar-refractivity contribution in [2.45, 2.75) is 51.9 Å². The van der Waals surface area contributed by atoms with E-state index < -0.39 is 29.6 Å². The lowest BCUT2D eigenvalue weighted by molar-refractivity contribution is -0.169. The summed E-state index contributed by atoms with van der Waals surface area (Å²) in [5, 5.41) is 21.3. The second-order valence-corrected chi connectivity index (χ2v) is 11.1. The van der Waals surface area contributed by atoms with Gasteiger partial charge in [-0.3, -0.25) is 4.79 Å². The largest absolute Gasteiger partial charge is 0.408 e. The minimum Gasteiger partial charge on any atom is -0.389 e. The minimum absolute atomic E-state index is 0.144. The number of rotatable bonds is 9. The standard InChI is InChI=1S/C26H29F3N6O2S/c1-15(2)23(26(27,28)29)34-22(36)8-19-7-17(13-38-19)20-11-33-35-12-18(10-31-24(20)35)16-5-6-21(30-9-16)32-14-25(3,4)37/h5-7,9-13,15,23,37H,8,14H2,1-4H3,(H,30,32)(H,34,36)/t23-/m1/s1. The van der Waals surface area contributed by atoms with Crippen LogP contribution < -0.4 is 10.6 Å². The summed E-state index contributed by atoms with van der Waals surface area (Å²) in [6.07, 6.45) is 2.27. The molecule has 0 bridgehead atoms. The van der Waals surface area contributed by atoms with Crippen molar-refractivity contribution in [3.05, 3.63) is 53.2 Å². The molecule has 1 amide bonds. The lowest BCUT2D eigenvalue weighted by Gasteiger charge is -2.24. The second kappa shape index (κ2) is 10.7. The van der Waals surface area contributed by atoms with Gasteiger partial charge in [0.05, 0.1) is 18.2 Å². The molecular weight excluding hydrogens is 517 g/mol. The smallest absolute Gasteiger partial charge is 0.389 e. The van der Waals surface area contributed by atoms with Crippen molar-refractivity contribution in [2.75, 3.05) is 11.9 Å². The zero-order chi connectivity index (χ0) is 27.7. The molecule has 3 N–H and O–H groups in total. The number of pyridine rings is 1. The summed E-state index contributed by atoms with van der Waals surface area (Å²) in [5.74, 6) is -0.796. The molecule has 0 radical (unpaired) electrons. The van der Waals surface area contributed by atoms with Crippen LogP contribution in [0.2, 0.25) is 0 Å². The van der Waals surface area contributed by atoms with Crippen LogP contribution in [0.5, 0.6) is 0 Å². The first kappa shape index (κ1) is 27.5. The molecule has 202 valence electrons. The topological polar surface area (TPSA) is 104 Å². The maximum atomic E-state index is 13.2. The Bertz CT molecular complexity index is 1410. The third kappa shape index (κ3) is 6.67. The van der Waals surface area contributed by atoms with E-state index in [2.05, 4.69) is 25.7 Å². The lowest BCUT2D eigenvalue weighted by atomic mass is 10.0. The van der Waals surface area contributed by atoms with E-state index in [1.54, 1.807) is 43.0 Å². The Hall–Kier alpha value is -3.51. The zero-order valence-electron chi connectivity index (χ0n) is 21.4. The Balaban J connectivity index is 1.46. The first-order chi connectivity index (χ1) is 17.8. The van der Waals surface area contributed by atoms with Crippen molar-refractivity contribution in [3.8, 4) is 22.3 Å². The number of carbonyl (C=O) groups excluding carboxylic acids is 1. The van der Waals surface area contributed by atoms with E-state index in [0.29, 0.717) is 22.9 Å². The number of aromatic nitrogens is 4. The van der Waals surface area contributed by atoms with E-state index in [9.17, 15) is 23.1 Å². The summed E-state index contributed by atoms with van der Waals surface area (Å²) < 4.78 is 41.2. The Kier molecular flexibility index (Phi) is 7.75. The van der Waals surface area contributed by atoms with E-state index in [1.165, 1.54) is 25.2 Å². The minimum atomic E-state index is -4.50. The van der Waals surface area contributed by atoms with Gasteiger partial charge in [-0.2, -0.15) is 18.3 Å². The molecule has 4 heterocycles. The van der Waals surface area contributed by atoms with Gasteiger partial charge in [-0.25, -0.2) is 14.5 Å². The number of carbonyl (C=O) groups is 1. The molecule has 4 rings (SSSR count). The average Bonchev–Trinajstić information content (AvgIpc) is 3.46. The molecular formula is C26H29F3N6O2S. The van der Waals surface area contributed by atoms with Gasteiger partial charge in [-0.05, 0) is 48.9 Å². The van der Waals surface area contributed by atoms with E-state index >= 15 is 0 Å². The van der Waals surface area contributed by atoms with Crippen molar-refractivity contribution in [1.29, 1.82) is 0 Å². The van der Waals surface area contributed by atoms with Gasteiger partial charge >= 0.3 is 6.18 Å². The number of thiophene rings is 1. The molecule has 4 aromatic heterocycles. The molecule has 12 heteroatoms. The average molecular weight is 547 g/mol. The summed E-state index contributed by atoms with van der Waals surface area (Å²) in [6.45, 7) is 6.63. The summed E-state index contributed by atoms with van der Waals surface area (Å²) in [7, 11) is 0. The van der Waals surface area contributed by atoms with E-state index in [4.69, 9.17) is 0 Å². The number of nitrogens with one attached hydrogen (secondary N) is 2. The number of hydrogen-bond acceptors (Lipinski definition) is 7. The van der Waals surface area contributed by atoms with Crippen LogP contribution in [0.15, 0.2) is 48.4 Å². The van der Waals surface area contributed by atoms with Gasteiger partial charge < -0.3 is 15.7 Å². The fraction of sp³-hybridized carbons (Fsp3) is 0.385. The highest BCUT2D eigenvalue weighted by molar-refractivity contribution is 7.10. The maximum Gasteiger partial charge on any atom is 0.408 e. The van der Waals surface area contributed by atoms with Crippen LogP contribution in [-0.2, 0) is 11.2 Å². The third-order valence-corrected chi connectivity index (χ3v) is 6.73. The number of anilines is 1. The molecule has 1 atom stereocenters. The zero-order valence-corrected chi connectivity index (χ0v) is 22.2. The molecule has 8 nitrogen and oxygen atoms in total. The Morgan fingerprint density at radius 2 is 1.84 bits per heavy atom. The van der Waals surface area contributed by atoms with Crippen LogP contribution >= 0.6 is 11.3 Å². The molecule has 0 fully saturated rings. The number of nitrogens with zero attached hydrogens (tertiary/aromatic N) is 4. The van der Waals surface area contributed by atoms with Crippen LogP contribution in [-0.4, -0.2) is 55.0 Å². The lowest BCUT2D eigenvalue weighted by Crippen LogP contribution is -2.49. The highest BCUT2D eigenvalue weighted by Crippen LogP contribution is 2.30. The van der Waals surface area contributed by atoms with Gasteiger partial charge in [-0.15, -0.1) is 11.3 Å². The van der Waals surface area contributed by atoms with Crippen molar-refractivity contribution in [1.82, 2.24) is 24.9 Å². The van der Waals surface area contributed by atoms with Crippen molar-refractivity contribution < 1.29 is 23.1 Å². The predicted molar refractivity (Wildman–Crippen MR) is 141 cm³/mol. The molecule has 0 aliphatic rings. The van der Waals surface area contributed by atoms with Crippen LogP contribution in [0, 0.1) is 5.92 Å². The van der Waals surface area contributed by atoms with Gasteiger partial charge in [0.1, 0.15) is 11.9 Å².